The van der Waals surface area contributed by atoms with Crippen LogP contribution in [0.1, 0.15) is 48.5 Å². The van der Waals surface area contributed by atoms with E-state index in [1.54, 1.807) is 0 Å². The highest BCUT2D eigenvalue weighted by atomic mass is 16.5. The summed E-state index contributed by atoms with van der Waals surface area (Å²) in [6.45, 7) is 8.84. The molecule has 8 heteroatoms. The zero-order chi connectivity index (χ0) is 19.5. The summed E-state index contributed by atoms with van der Waals surface area (Å²) >= 11 is 0. The molecule has 0 spiro atoms. The molecule has 1 aliphatic carbocycles. The zero-order valence-electron chi connectivity index (χ0n) is 16.7. The molecule has 0 aromatic carbocycles. The van der Waals surface area contributed by atoms with E-state index in [2.05, 4.69) is 39.0 Å². The van der Waals surface area contributed by atoms with E-state index in [4.69, 9.17) is 4.52 Å². The van der Waals surface area contributed by atoms with E-state index in [1.165, 1.54) is 0 Å². The van der Waals surface area contributed by atoms with Crippen molar-refractivity contribution in [2.45, 2.75) is 39.5 Å². The molecule has 3 heterocycles. The fraction of sp³-hybridized carbons (Fsp3) is 0.600. The number of nitrogens with zero attached hydrogens (tertiary/aromatic N) is 6. The van der Waals surface area contributed by atoms with E-state index < -0.39 is 0 Å². The van der Waals surface area contributed by atoms with Crippen LogP contribution in [-0.2, 0) is 12.8 Å². The fourth-order valence-corrected chi connectivity index (χ4v) is 4.04. The molecule has 2 aromatic heterocycles. The maximum atomic E-state index is 12.9. The van der Waals surface area contributed by atoms with Crippen LogP contribution in [0.3, 0.4) is 0 Å². The van der Waals surface area contributed by atoms with Gasteiger partial charge in [-0.1, -0.05) is 5.16 Å². The minimum Gasteiger partial charge on any atom is -0.360 e. The van der Waals surface area contributed by atoms with Crippen molar-refractivity contribution in [2.24, 2.45) is 0 Å². The monoisotopic (exact) mass is 384 g/mol. The number of fused-ring (bicyclic) bond motifs is 1. The average Bonchev–Trinajstić information content (AvgIpc) is 3.19. The smallest absolute Gasteiger partial charge is 0.276 e. The Kier molecular flexibility index (Phi) is 5.45. The van der Waals surface area contributed by atoms with Gasteiger partial charge in [-0.05, 0) is 45.2 Å². The lowest BCUT2D eigenvalue weighted by Crippen LogP contribution is -2.49. The van der Waals surface area contributed by atoms with E-state index in [1.807, 2.05) is 17.0 Å². The molecule has 150 valence electrons. The van der Waals surface area contributed by atoms with Crippen LogP contribution in [0.15, 0.2) is 16.7 Å². The van der Waals surface area contributed by atoms with Crippen LogP contribution >= 0.6 is 0 Å². The Labute approximate surface area is 165 Å². The number of carbonyl (C=O) groups excluding carboxylic acids is 1. The number of hydrogen-bond donors (Lipinski definition) is 0. The highest BCUT2D eigenvalue weighted by Crippen LogP contribution is 2.25. The van der Waals surface area contributed by atoms with Crippen LogP contribution in [0.25, 0.3) is 0 Å². The van der Waals surface area contributed by atoms with Crippen molar-refractivity contribution in [1.29, 1.82) is 0 Å². The van der Waals surface area contributed by atoms with Gasteiger partial charge < -0.3 is 19.2 Å². The van der Waals surface area contributed by atoms with Crippen molar-refractivity contribution < 1.29 is 9.32 Å². The summed E-state index contributed by atoms with van der Waals surface area (Å²) in [5, 5.41) is 12.9. The number of amides is 1. The molecule has 1 amide bonds. The summed E-state index contributed by atoms with van der Waals surface area (Å²) in [6.07, 6.45) is 4.01. The van der Waals surface area contributed by atoms with Crippen molar-refractivity contribution in [3.05, 3.63) is 29.2 Å². The van der Waals surface area contributed by atoms with Crippen molar-refractivity contribution >= 4 is 17.5 Å². The first-order chi connectivity index (χ1) is 13.7. The molecule has 0 N–H and O–H groups in total. The van der Waals surface area contributed by atoms with E-state index in [9.17, 15) is 4.79 Å². The second kappa shape index (κ2) is 8.16. The van der Waals surface area contributed by atoms with Gasteiger partial charge in [0, 0.05) is 51.3 Å². The highest BCUT2D eigenvalue weighted by Gasteiger charge is 2.29. The van der Waals surface area contributed by atoms with Crippen molar-refractivity contribution in [2.75, 3.05) is 49.1 Å². The van der Waals surface area contributed by atoms with Gasteiger partial charge in [-0.15, -0.1) is 10.2 Å². The molecule has 2 aliphatic rings. The van der Waals surface area contributed by atoms with Gasteiger partial charge in [-0.25, -0.2) is 0 Å². The maximum Gasteiger partial charge on any atom is 0.276 e. The summed E-state index contributed by atoms with van der Waals surface area (Å²) in [5.74, 6) is 2.66. The SMILES string of the molecule is CCN(CC)c1ccc(N2CCN(C(=O)c3noc4c3CCCC4)CC2)nn1. The van der Waals surface area contributed by atoms with Crippen LogP contribution in [0.4, 0.5) is 11.6 Å². The zero-order valence-corrected chi connectivity index (χ0v) is 16.7. The van der Waals surface area contributed by atoms with Crippen molar-refractivity contribution in [1.82, 2.24) is 20.3 Å². The Morgan fingerprint density at radius 1 is 1.07 bits per heavy atom. The van der Waals surface area contributed by atoms with Gasteiger partial charge in [0.15, 0.2) is 17.3 Å². The van der Waals surface area contributed by atoms with Crippen LogP contribution in [0.5, 0.6) is 0 Å². The molecule has 28 heavy (non-hydrogen) atoms. The number of piperazine rings is 1. The van der Waals surface area contributed by atoms with E-state index in [0.29, 0.717) is 18.8 Å². The summed E-state index contributed by atoms with van der Waals surface area (Å²) in [4.78, 5) is 19.1. The predicted octanol–water partition coefficient (Wildman–Crippen LogP) is 2.15. The number of carbonyl (C=O) groups is 1. The Bertz CT molecular complexity index is 807. The number of aryl methyl sites for hydroxylation is 1. The second-order valence-electron chi connectivity index (χ2n) is 7.34. The first-order valence-electron chi connectivity index (χ1n) is 10.3. The molecule has 0 bridgehead atoms. The van der Waals surface area contributed by atoms with Gasteiger partial charge in [0.1, 0.15) is 5.76 Å². The quantitative estimate of drug-likeness (QED) is 0.781. The first-order valence-corrected chi connectivity index (χ1v) is 10.3. The molecular weight excluding hydrogens is 356 g/mol. The molecule has 1 aliphatic heterocycles. The number of aromatic nitrogens is 3. The lowest BCUT2D eigenvalue weighted by molar-refractivity contribution is 0.0735. The molecule has 0 radical (unpaired) electrons. The summed E-state index contributed by atoms with van der Waals surface area (Å²) in [5.41, 5.74) is 1.54. The Balaban J connectivity index is 1.38. The minimum absolute atomic E-state index is 0.00508. The second-order valence-corrected chi connectivity index (χ2v) is 7.34. The summed E-state index contributed by atoms with van der Waals surface area (Å²) in [7, 11) is 0. The molecule has 0 saturated carbocycles. The molecule has 0 atom stereocenters. The van der Waals surface area contributed by atoms with Crippen LogP contribution < -0.4 is 9.80 Å². The predicted molar refractivity (Wildman–Crippen MR) is 107 cm³/mol. The van der Waals surface area contributed by atoms with Crippen LogP contribution in [0, 0.1) is 0 Å². The van der Waals surface area contributed by atoms with Gasteiger partial charge in [0.05, 0.1) is 0 Å². The molecule has 4 rings (SSSR count). The largest absolute Gasteiger partial charge is 0.360 e. The van der Waals surface area contributed by atoms with Gasteiger partial charge >= 0.3 is 0 Å². The molecule has 1 saturated heterocycles. The molecule has 2 aromatic rings. The van der Waals surface area contributed by atoms with E-state index in [-0.39, 0.29) is 5.91 Å². The highest BCUT2D eigenvalue weighted by molar-refractivity contribution is 5.94. The minimum atomic E-state index is -0.00508. The molecule has 1 fully saturated rings. The standard InChI is InChI=1S/C20H28N6O2/c1-3-24(4-2)17-9-10-18(22-21-17)25-11-13-26(14-12-25)20(27)19-15-7-5-6-8-16(15)28-23-19/h9-10H,3-8,11-14H2,1-2H3. The third kappa shape index (κ3) is 3.55. The van der Waals surface area contributed by atoms with Gasteiger partial charge in [-0.3, -0.25) is 4.79 Å². The Morgan fingerprint density at radius 2 is 1.82 bits per heavy atom. The lowest BCUT2D eigenvalue weighted by atomic mass is 9.96. The summed E-state index contributed by atoms with van der Waals surface area (Å²) in [6, 6.07) is 4.04. The third-order valence-electron chi connectivity index (χ3n) is 5.77. The maximum absolute atomic E-state index is 12.9. The number of hydrogen-bond acceptors (Lipinski definition) is 7. The Hall–Kier alpha value is -2.64. The first kappa shape index (κ1) is 18.7. The third-order valence-corrected chi connectivity index (χ3v) is 5.77. The average molecular weight is 384 g/mol. The van der Waals surface area contributed by atoms with E-state index in [0.717, 1.165) is 74.8 Å². The van der Waals surface area contributed by atoms with Crippen molar-refractivity contribution in [3.63, 3.8) is 0 Å². The molecular formula is C20H28N6O2. The van der Waals surface area contributed by atoms with Crippen molar-refractivity contribution in [3.8, 4) is 0 Å². The van der Waals surface area contributed by atoms with Crippen LogP contribution in [-0.4, -0.2) is 65.4 Å². The normalized spacial score (nSPS) is 16.8. The number of anilines is 2. The van der Waals surface area contributed by atoms with Gasteiger partial charge in [0.2, 0.25) is 0 Å². The van der Waals surface area contributed by atoms with Crippen LogP contribution in [0.2, 0.25) is 0 Å². The van der Waals surface area contributed by atoms with Gasteiger partial charge in [-0.2, -0.15) is 0 Å². The Morgan fingerprint density at radius 3 is 2.50 bits per heavy atom. The molecule has 0 unspecified atom stereocenters. The lowest BCUT2D eigenvalue weighted by Gasteiger charge is -2.35. The van der Waals surface area contributed by atoms with E-state index >= 15 is 0 Å². The van der Waals surface area contributed by atoms with Gasteiger partial charge in [0.25, 0.3) is 5.91 Å². The fourth-order valence-electron chi connectivity index (χ4n) is 4.04. The topological polar surface area (TPSA) is 78.6 Å². The summed E-state index contributed by atoms with van der Waals surface area (Å²) < 4.78 is 5.41. The molecule has 8 nitrogen and oxygen atoms in total. The number of rotatable bonds is 5.